The van der Waals surface area contributed by atoms with Crippen LogP contribution in [0.3, 0.4) is 0 Å². The van der Waals surface area contributed by atoms with Gasteiger partial charge in [0.2, 0.25) is 0 Å². The Balaban J connectivity index is 2.51. The molecular formula is C14H13NO3. The Morgan fingerprint density at radius 3 is 2.50 bits per heavy atom. The van der Waals surface area contributed by atoms with Crippen LogP contribution in [0.25, 0.3) is 11.3 Å². The van der Waals surface area contributed by atoms with Crippen LogP contribution in [-0.2, 0) is 0 Å². The largest absolute Gasteiger partial charge is 0.493 e. The number of ether oxygens (including phenoxy) is 2. The van der Waals surface area contributed by atoms with E-state index in [2.05, 4.69) is 4.98 Å². The van der Waals surface area contributed by atoms with Gasteiger partial charge >= 0.3 is 0 Å². The number of aromatic nitrogens is 1. The lowest BCUT2D eigenvalue weighted by Gasteiger charge is -2.11. The number of nitrogens with zero attached hydrogens (tertiary/aromatic N) is 1. The van der Waals surface area contributed by atoms with Crippen molar-refractivity contribution in [2.75, 3.05) is 14.2 Å². The number of hydrogen-bond acceptors (Lipinski definition) is 4. The van der Waals surface area contributed by atoms with E-state index in [-0.39, 0.29) is 0 Å². The molecule has 2 rings (SSSR count). The molecule has 0 spiro atoms. The normalized spacial score (nSPS) is 9.89. The zero-order valence-corrected chi connectivity index (χ0v) is 10.2. The summed E-state index contributed by atoms with van der Waals surface area (Å²) in [6, 6.07) is 9.08. The van der Waals surface area contributed by atoms with Crippen molar-refractivity contribution in [3.63, 3.8) is 0 Å². The summed E-state index contributed by atoms with van der Waals surface area (Å²) in [6.07, 6.45) is 2.29. The highest BCUT2D eigenvalue weighted by atomic mass is 16.5. The average Bonchev–Trinajstić information content (AvgIpc) is 2.46. The molecule has 0 radical (unpaired) electrons. The highest BCUT2D eigenvalue weighted by Crippen LogP contribution is 2.36. The van der Waals surface area contributed by atoms with E-state index in [1.54, 1.807) is 26.4 Å². The summed E-state index contributed by atoms with van der Waals surface area (Å²) in [5.74, 6) is 1.28. The highest BCUT2D eigenvalue weighted by molar-refractivity contribution is 5.76. The van der Waals surface area contributed by atoms with E-state index < -0.39 is 0 Å². The molecule has 4 heteroatoms. The van der Waals surface area contributed by atoms with Gasteiger partial charge in [-0.1, -0.05) is 6.07 Å². The predicted octanol–water partition coefficient (Wildman–Crippen LogP) is 2.58. The zero-order valence-electron chi connectivity index (χ0n) is 10.2. The third-order valence-electron chi connectivity index (χ3n) is 2.60. The quantitative estimate of drug-likeness (QED) is 0.774. The molecular weight excluding hydrogens is 230 g/mol. The van der Waals surface area contributed by atoms with E-state index in [0.717, 1.165) is 17.5 Å². The Morgan fingerprint density at radius 2 is 1.94 bits per heavy atom. The van der Waals surface area contributed by atoms with E-state index in [1.165, 1.54) is 6.20 Å². The fourth-order valence-corrected chi connectivity index (χ4v) is 1.72. The molecule has 0 aliphatic heterocycles. The van der Waals surface area contributed by atoms with Crippen molar-refractivity contribution in [3.05, 3.63) is 42.1 Å². The number of para-hydroxylation sites is 1. The van der Waals surface area contributed by atoms with Crippen molar-refractivity contribution in [3.8, 4) is 22.8 Å². The van der Waals surface area contributed by atoms with Gasteiger partial charge in [0.05, 0.1) is 19.9 Å². The van der Waals surface area contributed by atoms with Crippen LogP contribution in [0.1, 0.15) is 10.4 Å². The molecule has 0 bridgehead atoms. The molecule has 0 saturated carbocycles. The Morgan fingerprint density at radius 1 is 1.11 bits per heavy atom. The fraction of sp³-hybridized carbons (Fsp3) is 0.143. The Kier molecular flexibility index (Phi) is 3.57. The Hall–Kier alpha value is -2.36. The fourth-order valence-electron chi connectivity index (χ4n) is 1.72. The van der Waals surface area contributed by atoms with Crippen LogP contribution < -0.4 is 9.47 Å². The first kappa shape index (κ1) is 12.1. The number of carbonyl (C=O) groups excluding carboxylic acids is 1. The molecule has 0 atom stereocenters. The van der Waals surface area contributed by atoms with Gasteiger partial charge in [0, 0.05) is 17.3 Å². The number of pyridine rings is 1. The zero-order chi connectivity index (χ0) is 13.0. The second-order valence-electron chi connectivity index (χ2n) is 3.64. The first-order valence-electron chi connectivity index (χ1n) is 5.42. The van der Waals surface area contributed by atoms with E-state index in [9.17, 15) is 4.79 Å². The van der Waals surface area contributed by atoms with Crippen LogP contribution in [0.4, 0.5) is 0 Å². The molecule has 0 N–H and O–H groups in total. The summed E-state index contributed by atoms with van der Waals surface area (Å²) in [6.45, 7) is 0. The van der Waals surface area contributed by atoms with E-state index in [4.69, 9.17) is 9.47 Å². The van der Waals surface area contributed by atoms with Crippen LogP contribution in [0.15, 0.2) is 36.5 Å². The minimum atomic E-state index is 0.542. The van der Waals surface area contributed by atoms with E-state index >= 15 is 0 Å². The van der Waals surface area contributed by atoms with Crippen molar-refractivity contribution >= 4 is 6.29 Å². The van der Waals surface area contributed by atoms with Gasteiger partial charge in [-0.3, -0.25) is 9.78 Å². The maximum absolute atomic E-state index is 10.6. The lowest BCUT2D eigenvalue weighted by molar-refractivity contribution is 0.112. The first-order chi connectivity index (χ1) is 8.80. The number of aldehydes is 1. The summed E-state index contributed by atoms with van der Waals surface area (Å²) in [5, 5.41) is 0. The number of hydrogen-bond donors (Lipinski definition) is 0. The number of carbonyl (C=O) groups is 1. The van der Waals surface area contributed by atoms with Crippen LogP contribution in [0, 0.1) is 0 Å². The smallest absolute Gasteiger partial charge is 0.170 e. The molecule has 0 aliphatic carbocycles. The van der Waals surface area contributed by atoms with Crippen molar-refractivity contribution in [1.29, 1.82) is 0 Å². The molecule has 1 heterocycles. The molecule has 0 saturated heterocycles. The summed E-state index contributed by atoms with van der Waals surface area (Å²) in [7, 11) is 3.17. The minimum Gasteiger partial charge on any atom is -0.493 e. The monoisotopic (exact) mass is 243 g/mol. The molecule has 18 heavy (non-hydrogen) atoms. The molecule has 4 nitrogen and oxygen atoms in total. The highest BCUT2D eigenvalue weighted by Gasteiger charge is 2.11. The van der Waals surface area contributed by atoms with Crippen LogP contribution in [0.2, 0.25) is 0 Å². The van der Waals surface area contributed by atoms with Gasteiger partial charge in [0.25, 0.3) is 0 Å². The molecule has 0 amide bonds. The number of benzene rings is 1. The molecule has 1 aromatic carbocycles. The molecule has 0 aliphatic rings. The van der Waals surface area contributed by atoms with Gasteiger partial charge in [-0.15, -0.1) is 0 Å². The molecule has 2 aromatic rings. The second-order valence-corrected chi connectivity index (χ2v) is 3.64. The lowest BCUT2D eigenvalue weighted by Crippen LogP contribution is -1.94. The van der Waals surface area contributed by atoms with Gasteiger partial charge < -0.3 is 9.47 Å². The first-order valence-corrected chi connectivity index (χ1v) is 5.42. The number of rotatable bonds is 4. The van der Waals surface area contributed by atoms with Crippen LogP contribution in [-0.4, -0.2) is 25.5 Å². The van der Waals surface area contributed by atoms with Crippen LogP contribution >= 0.6 is 0 Å². The second kappa shape index (κ2) is 5.31. The SMILES string of the molecule is COc1cccc(-c2ccc(C=O)cn2)c1OC. The van der Waals surface area contributed by atoms with Gasteiger partial charge in [-0.05, 0) is 24.3 Å². The maximum Gasteiger partial charge on any atom is 0.170 e. The minimum absolute atomic E-state index is 0.542. The van der Waals surface area contributed by atoms with E-state index in [0.29, 0.717) is 17.1 Å². The maximum atomic E-state index is 10.6. The molecule has 92 valence electrons. The third kappa shape index (κ3) is 2.18. The Labute approximate surface area is 105 Å². The van der Waals surface area contributed by atoms with Gasteiger partial charge in [0.15, 0.2) is 17.8 Å². The van der Waals surface area contributed by atoms with Gasteiger partial charge in [-0.2, -0.15) is 0 Å². The van der Waals surface area contributed by atoms with Gasteiger partial charge in [0.1, 0.15) is 0 Å². The van der Waals surface area contributed by atoms with Gasteiger partial charge in [-0.25, -0.2) is 0 Å². The van der Waals surface area contributed by atoms with E-state index in [1.807, 2.05) is 18.2 Å². The third-order valence-corrected chi connectivity index (χ3v) is 2.60. The predicted molar refractivity (Wildman–Crippen MR) is 68.2 cm³/mol. The lowest BCUT2D eigenvalue weighted by atomic mass is 10.1. The van der Waals surface area contributed by atoms with Crippen LogP contribution in [0.5, 0.6) is 11.5 Å². The van der Waals surface area contributed by atoms with Crippen molar-refractivity contribution in [1.82, 2.24) is 4.98 Å². The number of methoxy groups -OCH3 is 2. The average molecular weight is 243 g/mol. The molecule has 0 unspecified atom stereocenters. The van der Waals surface area contributed by atoms with Crippen molar-refractivity contribution < 1.29 is 14.3 Å². The molecule has 0 fully saturated rings. The summed E-state index contributed by atoms with van der Waals surface area (Å²) >= 11 is 0. The standard InChI is InChI=1S/C14H13NO3/c1-17-13-5-3-4-11(14(13)18-2)12-7-6-10(9-16)8-15-12/h3-9H,1-2H3. The summed E-state index contributed by atoms with van der Waals surface area (Å²) in [5.41, 5.74) is 2.10. The topological polar surface area (TPSA) is 48.4 Å². The van der Waals surface area contributed by atoms with Crippen molar-refractivity contribution in [2.45, 2.75) is 0 Å². The summed E-state index contributed by atoms with van der Waals surface area (Å²) in [4.78, 5) is 14.8. The Bertz CT molecular complexity index is 549. The van der Waals surface area contributed by atoms with Crippen molar-refractivity contribution in [2.24, 2.45) is 0 Å². The summed E-state index contributed by atoms with van der Waals surface area (Å²) < 4.78 is 10.6. The molecule has 1 aromatic heterocycles.